The Bertz CT molecular complexity index is 3040. The lowest BCUT2D eigenvalue weighted by Crippen LogP contribution is -2.43. The molecule has 0 aliphatic carbocycles. The Morgan fingerprint density at radius 3 is 1.13 bits per heavy atom. The van der Waals surface area contributed by atoms with Gasteiger partial charge in [0, 0.05) is 106 Å². The normalized spacial score (nSPS) is 12.8. The lowest BCUT2D eigenvalue weighted by molar-refractivity contribution is 0.0949. The quantitative estimate of drug-likeness (QED) is 0.0735. The molecule has 0 unspecified atom stereocenters. The number of rotatable bonds is 12. The topological polar surface area (TPSA) is 120 Å². The second-order valence-electron chi connectivity index (χ2n) is 15.0. The molecule has 304 valence electrons. The molecule has 0 saturated carbocycles. The van der Waals surface area contributed by atoms with Crippen molar-refractivity contribution in [3.8, 4) is 0 Å². The van der Waals surface area contributed by atoms with E-state index in [2.05, 4.69) is 147 Å². The molecule has 8 bridgehead atoms. The lowest BCUT2D eigenvalue weighted by atomic mass is 10.0. The van der Waals surface area contributed by atoms with Gasteiger partial charge in [0.1, 0.15) is 0 Å². The van der Waals surface area contributed by atoms with Gasteiger partial charge in [-0.05, 0) is 89.3 Å². The van der Waals surface area contributed by atoms with Crippen LogP contribution >= 0.6 is 0 Å². The summed E-state index contributed by atoms with van der Waals surface area (Å²) in [4.78, 5) is 28.7. The SMILES string of the molecule is CO[Si](CCCNC(=O)c1ccc(C2=c3ccc([nH]3)=C(c3ccccc3)c3ccc([nH]3)C(c3ccccc3)=c3ccc([nH]3)=C(c3ccccc3)c3ccc2[nH]3)cc1)(OC)OC. The van der Waals surface area contributed by atoms with Crippen LogP contribution in [0.2, 0.25) is 6.04 Å². The van der Waals surface area contributed by atoms with E-state index >= 15 is 0 Å². The number of benzene rings is 4. The zero-order valence-electron chi connectivity index (χ0n) is 34.3. The minimum absolute atomic E-state index is 0.147. The molecule has 0 radical (unpaired) electrons. The highest BCUT2D eigenvalue weighted by Gasteiger charge is 2.36. The van der Waals surface area contributed by atoms with Crippen molar-refractivity contribution in [3.63, 3.8) is 0 Å². The first-order valence-corrected chi connectivity index (χ1v) is 22.4. The van der Waals surface area contributed by atoms with Crippen molar-refractivity contribution in [1.29, 1.82) is 0 Å². The molecule has 1 aliphatic rings. The van der Waals surface area contributed by atoms with Gasteiger partial charge >= 0.3 is 8.80 Å². The van der Waals surface area contributed by atoms with Crippen LogP contribution in [0.15, 0.2) is 164 Å². The van der Waals surface area contributed by atoms with Crippen LogP contribution in [0.4, 0.5) is 0 Å². The van der Waals surface area contributed by atoms with E-state index in [4.69, 9.17) is 13.3 Å². The van der Waals surface area contributed by atoms with Crippen molar-refractivity contribution >= 4 is 37.0 Å². The molecule has 0 spiro atoms. The van der Waals surface area contributed by atoms with Crippen LogP contribution in [0.1, 0.15) is 61.8 Å². The molecule has 10 heteroatoms. The first-order chi connectivity index (χ1) is 30.0. The monoisotopic (exact) mass is 821 g/mol. The summed E-state index contributed by atoms with van der Waals surface area (Å²) in [5.41, 5.74) is 12.8. The molecule has 1 aliphatic heterocycles. The standard InChI is InChI=1S/C51H47N5O4Si/c1-58-61(59-2,60-3)33-13-32-52-51(57)38-22-20-37(21-23-38)50-45-30-28-43(55-45)48(35-16-9-5-10-17-35)41-26-24-39(53-41)47(34-14-7-4-8-15-34)40-25-27-42(54-40)49(36-18-11-6-12-19-36)44-29-31-46(50)56-44/h4-12,14-31,53-56H,13,32-33H2,1-3H3,(H,52,57). The molecule has 1 amide bonds. The average Bonchev–Trinajstić information content (AvgIpc) is 4.17. The molecule has 0 atom stereocenters. The highest BCUT2D eigenvalue weighted by molar-refractivity contribution is 6.60. The van der Waals surface area contributed by atoms with Crippen molar-refractivity contribution in [2.24, 2.45) is 0 Å². The van der Waals surface area contributed by atoms with E-state index in [9.17, 15) is 4.79 Å². The van der Waals surface area contributed by atoms with Gasteiger partial charge in [-0.25, -0.2) is 0 Å². The zero-order valence-corrected chi connectivity index (χ0v) is 35.3. The van der Waals surface area contributed by atoms with E-state index in [1.165, 1.54) is 0 Å². The van der Waals surface area contributed by atoms with Gasteiger partial charge in [0.15, 0.2) is 0 Å². The minimum Gasteiger partial charge on any atom is -0.377 e. The molecule has 5 heterocycles. The molecule has 4 aromatic carbocycles. The zero-order chi connectivity index (χ0) is 41.8. The Hall–Kier alpha value is -6.95. The molecule has 8 aromatic rings. The summed E-state index contributed by atoms with van der Waals surface area (Å²) in [7, 11) is 2.08. The molecular weight excluding hydrogens is 775 g/mol. The molecule has 5 N–H and O–H groups in total. The third-order valence-corrected chi connectivity index (χ3v) is 14.2. The number of fused-ring (bicyclic) bond motifs is 8. The summed E-state index contributed by atoms with van der Waals surface area (Å²) in [6.07, 6.45) is 0.665. The summed E-state index contributed by atoms with van der Waals surface area (Å²) in [6.45, 7) is 0.468. The molecule has 9 rings (SSSR count). The fourth-order valence-electron chi connectivity index (χ4n) is 8.34. The van der Waals surface area contributed by atoms with E-state index in [0.717, 1.165) is 88.7 Å². The molecular formula is C51H47N5O4Si. The summed E-state index contributed by atoms with van der Waals surface area (Å²) in [6, 6.07) is 57.1. The number of amides is 1. The fraction of sp³-hybridized carbons (Fsp3) is 0.118. The van der Waals surface area contributed by atoms with Crippen LogP contribution in [-0.4, -0.2) is 62.5 Å². The van der Waals surface area contributed by atoms with Crippen LogP contribution < -0.4 is 26.7 Å². The molecule has 0 saturated heterocycles. The maximum absolute atomic E-state index is 13.4. The van der Waals surface area contributed by atoms with Gasteiger partial charge in [0.25, 0.3) is 5.91 Å². The van der Waals surface area contributed by atoms with Crippen molar-refractivity contribution < 1.29 is 18.1 Å². The fourth-order valence-corrected chi connectivity index (χ4v) is 10.1. The van der Waals surface area contributed by atoms with E-state index in [0.29, 0.717) is 24.6 Å². The van der Waals surface area contributed by atoms with E-state index < -0.39 is 8.80 Å². The van der Waals surface area contributed by atoms with Crippen molar-refractivity contribution in [3.05, 3.63) is 236 Å². The van der Waals surface area contributed by atoms with Gasteiger partial charge in [-0.3, -0.25) is 4.79 Å². The van der Waals surface area contributed by atoms with Crippen molar-refractivity contribution in [2.75, 3.05) is 27.9 Å². The van der Waals surface area contributed by atoms with Crippen LogP contribution in [0.3, 0.4) is 0 Å². The van der Waals surface area contributed by atoms with Gasteiger partial charge in [-0.1, -0.05) is 103 Å². The predicted octanol–water partition coefficient (Wildman–Crippen LogP) is 6.30. The van der Waals surface area contributed by atoms with Gasteiger partial charge in [-0.15, -0.1) is 0 Å². The average molecular weight is 822 g/mol. The Morgan fingerprint density at radius 1 is 0.443 bits per heavy atom. The van der Waals surface area contributed by atoms with E-state index in [-0.39, 0.29) is 5.91 Å². The number of aromatic amines is 4. The first kappa shape index (κ1) is 39.5. The molecule has 4 aromatic heterocycles. The first-order valence-electron chi connectivity index (χ1n) is 20.4. The maximum atomic E-state index is 13.4. The maximum Gasteiger partial charge on any atom is 0.500 e. The summed E-state index contributed by atoms with van der Waals surface area (Å²) in [5.74, 6) is -0.147. The van der Waals surface area contributed by atoms with Crippen molar-refractivity contribution in [2.45, 2.75) is 12.5 Å². The number of H-pyrrole nitrogens is 4. The Labute approximate surface area is 355 Å². The summed E-state index contributed by atoms with van der Waals surface area (Å²) < 4.78 is 16.6. The second-order valence-corrected chi connectivity index (χ2v) is 18.1. The van der Waals surface area contributed by atoms with Crippen molar-refractivity contribution in [1.82, 2.24) is 25.3 Å². The number of aromatic nitrogens is 4. The minimum atomic E-state index is -2.72. The Kier molecular flexibility index (Phi) is 11.2. The third kappa shape index (κ3) is 7.93. The number of carbonyl (C=O) groups is 1. The molecule has 9 nitrogen and oxygen atoms in total. The van der Waals surface area contributed by atoms with Gasteiger partial charge in [-0.2, -0.15) is 0 Å². The van der Waals surface area contributed by atoms with E-state index in [1.54, 1.807) is 21.3 Å². The highest BCUT2D eigenvalue weighted by atomic mass is 28.4. The predicted molar refractivity (Wildman–Crippen MR) is 242 cm³/mol. The Morgan fingerprint density at radius 2 is 0.787 bits per heavy atom. The molecule has 61 heavy (non-hydrogen) atoms. The van der Waals surface area contributed by atoms with Crippen LogP contribution in [0.5, 0.6) is 0 Å². The third-order valence-electron chi connectivity index (χ3n) is 11.4. The number of hydrogen-bond acceptors (Lipinski definition) is 4. The summed E-state index contributed by atoms with van der Waals surface area (Å²) in [5, 5.41) is 6.92. The largest absolute Gasteiger partial charge is 0.500 e. The van der Waals surface area contributed by atoms with Gasteiger partial charge in [0.2, 0.25) is 0 Å². The molecule has 0 fully saturated rings. The lowest BCUT2D eigenvalue weighted by Gasteiger charge is -2.24. The van der Waals surface area contributed by atoms with E-state index in [1.807, 2.05) is 42.5 Å². The number of nitrogens with one attached hydrogen (secondary N) is 5. The van der Waals surface area contributed by atoms with Crippen LogP contribution in [-0.2, 0) is 13.3 Å². The number of carbonyl (C=O) groups excluding carboxylic acids is 1. The van der Waals surface area contributed by atoms with Crippen LogP contribution in [0.25, 0.3) is 22.3 Å². The van der Waals surface area contributed by atoms with Crippen LogP contribution in [0, 0.1) is 0 Å². The smallest absolute Gasteiger partial charge is 0.377 e. The summed E-state index contributed by atoms with van der Waals surface area (Å²) >= 11 is 0. The highest BCUT2D eigenvalue weighted by Crippen LogP contribution is 2.28. The Balaban J connectivity index is 1.22. The van der Waals surface area contributed by atoms with Gasteiger partial charge < -0.3 is 38.5 Å². The van der Waals surface area contributed by atoms with Gasteiger partial charge in [0.05, 0.1) is 0 Å². The number of hydrogen-bond donors (Lipinski definition) is 5. The second kappa shape index (κ2) is 17.3.